The highest BCUT2D eigenvalue weighted by Crippen LogP contribution is 2.41. The molecular weight excluding hydrogens is 422 g/mol. The van der Waals surface area contributed by atoms with E-state index in [0.29, 0.717) is 11.8 Å². The molecule has 0 amide bonds. The van der Waals surface area contributed by atoms with E-state index in [1.54, 1.807) is 0 Å². The topological polar surface area (TPSA) is 41.0 Å². The number of hydrogen-bond donors (Lipinski definition) is 1. The lowest BCUT2D eigenvalue weighted by Crippen LogP contribution is -2.04. The van der Waals surface area contributed by atoms with Crippen LogP contribution in [-0.4, -0.2) is 15.7 Å². The van der Waals surface area contributed by atoms with Crippen molar-refractivity contribution in [3.05, 3.63) is 71.6 Å². The molecule has 5 aromatic rings. The van der Waals surface area contributed by atoms with Crippen molar-refractivity contribution in [1.29, 1.82) is 0 Å². The number of aromatic nitrogens is 2. The first-order valence-corrected chi connectivity index (χ1v) is 12.6. The zero-order valence-corrected chi connectivity index (χ0v) is 20.3. The summed E-state index contributed by atoms with van der Waals surface area (Å²) in [5.74, 6) is 1.91. The van der Waals surface area contributed by atoms with Crippen LogP contribution >= 0.6 is 11.3 Å². The molecule has 3 nitrogen and oxygen atoms in total. The summed E-state index contributed by atoms with van der Waals surface area (Å²) in [6.07, 6.45) is 4.97. The lowest BCUT2D eigenvalue weighted by atomic mass is 9.92. The highest BCUT2D eigenvalue weighted by Gasteiger charge is 2.17. The molecule has 0 atom stereocenters. The highest BCUT2D eigenvalue weighted by atomic mass is 32.1. The first kappa shape index (κ1) is 20.4. The summed E-state index contributed by atoms with van der Waals surface area (Å²) in [6, 6.07) is 16.0. The number of thiophene rings is 1. The van der Waals surface area contributed by atoms with Gasteiger partial charge in [0.15, 0.2) is 0 Å². The number of H-pyrrole nitrogens is 1. The number of hydrogen-bond acceptors (Lipinski definition) is 3. The van der Waals surface area contributed by atoms with Crippen molar-refractivity contribution in [3.63, 3.8) is 0 Å². The van der Waals surface area contributed by atoms with Crippen LogP contribution in [0.2, 0.25) is 0 Å². The fraction of sp³-hybridized carbons (Fsp3) is 0.241. The highest BCUT2D eigenvalue weighted by molar-refractivity contribution is 7.18. The summed E-state index contributed by atoms with van der Waals surface area (Å²) >= 11 is 1.82. The average molecular weight is 450 g/mol. The van der Waals surface area contributed by atoms with Gasteiger partial charge in [-0.3, -0.25) is 4.99 Å². The van der Waals surface area contributed by atoms with Crippen LogP contribution in [-0.2, 0) is 0 Å². The Morgan fingerprint density at radius 3 is 2.30 bits per heavy atom. The van der Waals surface area contributed by atoms with E-state index in [1.165, 1.54) is 54.0 Å². The Bertz CT molecular complexity index is 1590. The van der Waals surface area contributed by atoms with Gasteiger partial charge in [-0.2, -0.15) is 0 Å². The maximum atomic E-state index is 4.67. The van der Waals surface area contributed by atoms with Gasteiger partial charge < -0.3 is 4.98 Å². The molecule has 0 saturated carbocycles. The smallest absolute Gasteiger partial charge is 0.109 e. The molecule has 3 heterocycles. The number of nitrogens with zero attached hydrogens (tertiary/aromatic N) is 2. The van der Waals surface area contributed by atoms with Crippen molar-refractivity contribution >= 4 is 54.3 Å². The van der Waals surface area contributed by atoms with E-state index in [9.17, 15) is 0 Å². The van der Waals surface area contributed by atoms with Gasteiger partial charge in [-0.15, -0.1) is 11.3 Å². The molecule has 1 aliphatic heterocycles. The summed E-state index contributed by atoms with van der Waals surface area (Å²) in [4.78, 5) is 12.7. The molecule has 0 saturated heterocycles. The van der Waals surface area contributed by atoms with Crippen molar-refractivity contribution in [2.45, 2.75) is 40.0 Å². The van der Waals surface area contributed by atoms with Crippen molar-refractivity contribution < 1.29 is 0 Å². The van der Waals surface area contributed by atoms with E-state index in [1.807, 2.05) is 17.5 Å². The molecule has 1 N–H and O–H groups in total. The van der Waals surface area contributed by atoms with E-state index < -0.39 is 0 Å². The Kier molecular flexibility index (Phi) is 4.73. The third-order valence-corrected chi connectivity index (χ3v) is 7.73. The minimum absolute atomic E-state index is 0.387. The van der Waals surface area contributed by atoms with Crippen molar-refractivity contribution in [2.75, 3.05) is 0 Å². The Morgan fingerprint density at radius 1 is 0.818 bits per heavy atom. The SMILES string of the molecule is CC(C)C1=NC=C(c2ccc3c(c2)c2ccsc2c2cc(-c4cnc(C(C)C)[nH]4)ccc32)C1. The maximum absolute atomic E-state index is 4.67. The summed E-state index contributed by atoms with van der Waals surface area (Å²) in [6.45, 7) is 8.77. The molecule has 1 aliphatic rings. The standard InChI is InChI=1S/C29H27N3S/c1-16(2)26-13-20(14-30-26)18-5-7-21-22-8-6-19(27-15-31-29(32-27)17(3)4)12-25(22)28-23(9-10-33-28)24(21)11-18/h5-12,14-17H,13H2,1-4H3,(H,31,32). The van der Waals surface area contributed by atoms with E-state index in [4.69, 9.17) is 0 Å². The van der Waals surface area contributed by atoms with Gasteiger partial charge in [-0.05, 0) is 56.8 Å². The molecule has 4 heteroatoms. The van der Waals surface area contributed by atoms with Crippen LogP contribution in [0.25, 0.3) is 48.5 Å². The monoisotopic (exact) mass is 449 g/mol. The predicted molar refractivity (Wildman–Crippen MR) is 143 cm³/mol. The van der Waals surface area contributed by atoms with E-state index in [0.717, 1.165) is 17.9 Å². The fourth-order valence-corrected chi connectivity index (χ4v) is 5.76. The second-order valence-electron chi connectivity index (χ2n) is 9.63. The van der Waals surface area contributed by atoms with Gasteiger partial charge in [0.2, 0.25) is 0 Å². The molecule has 2 aromatic heterocycles. The van der Waals surface area contributed by atoms with Gasteiger partial charge in [0.25, 0.3) is 0 Å². The van der Waals surface area contributed by atoms with Crippen LogP contribution in [0.4, 0.5) is 0 Å². The van der Waals surface area contributed by atoms with Gasteiger partial charge in [0, 0.05) is 45.3 Å². The molecule has 164 valence electrons. The minimum Gasteiger partial charge on any atom is -0.342 e. The van der Waals surface area contributed by atoms with Gasteiger partial charge in [0.05, 0.1) is 11.9 Å². The molecule has 3 aromatic carbocycles. The van der Waals surface area contributed by atoms with Crippen LogP contribution in [0.15, 0.2) is 65.2 Å². The molecule has 0 aliphatic carbocycles. The fourth-order valence-electron chi connectivity index (χ4n) is 4.82. The van der Waals surface area contributed by atoms with Crippen LogP contribution in [0, 0.1) is 5.92 Å². The number of benzene rings is 3. The van der Waals surface area contributed by atoms with Gasteiger partial charge in [-0.1, -0.05) is 52.0 Å². The Balaban J connectivity index is 1.51. The van der Waals surface area contributed by atoms with E-state index in [-0.39, 0.29) is 0 Å². The van der Waals surface area contributed by atoms with E-state index in [2.05, 4.69) is 96.7 Å². The largest absolute Gasteiger partial charge is 0.342 e. The molecule has 6 rings (SSSR count). The molecule has 0 fully saturated rings. The molecule has 33 heavy (non-hydrogen) atoms. The first-order valence-electron chi connectivity index (χ1n) is 11.7. The molecular formula is C29H27N3S. The first-order chi connectivity index (χ1) is 16.0. The number of fused-ring (bicyclic) bond motifs is 6. The van der Waals surface area contributed by atoms with Crippen LogP contribution in [0.5, 0.6) is 0 Å². The summed E-state index contributed by atoms with van der Waals surface area (Å²) < 4.78 is 1.35. The van der Waals surface area contributed by atoms with Gasteiger partial charge in [0.1, 0.15) is 5.82 Å². The van der Waals surface area contributed by atoms with E-state index >= 15 is 0 Å². The third-order valence-electron chi connectivity index (χ3n) is 6.78. The third kappa shape index (κ3) is 3.32. The maximum Gasteiger partial charge on any atom is 0.109 e. The Morgan fingerprint density at radius 2 is 1.58 bits per heavy atom. The second-order valence-corrected chi connectivity index (χ2v) is 10.5. The number of imidazole rings is 1. The Hall–Kier alpha value is -3.24. The predicted octanol–water partition coefficient (Wildman–Crippen LogP) is 8.56. The second kappa shape index (κ2) is 7.67. The Labute approximate surface area is 197 Å². The number of aromatic amines is 1. The number of aliphatic imine (C=N–C) groups is 1. The summed E-state index contributed by atoms with van der Waals surface area (Å²) in [5, 5.41) is 8.79. The quantitative estimate of drug-likeness (QED) is 0.274. The molecule has 0 bridgehead atoms. The lowest BCUT2D eigenvalue weighted by Gasteiger charge is -2.12. The van der Waals surface area contributed by atoms with Crippen LogP contribution in [0.1, 0.15) is 51.4 Å². The normalized spacial score (nSPS) is 14.2. The zero-order valence-electron chi connectivity index (χ0n) is 19.4. The van der Waals surface area contributed by atoms with Gasteiger partial charge in [-0.25, -0.2) is 4.98 Å². The summed E-state index contributed by atoms with van der Waals surface area (Å²) in [7, 11) is 0. The zero-order chi connectivity index (χ0) is 22.7. The summed E-state index contributed by atoms with van der Waals surface area (Å²) in [5.41, 5.74) is 6.14. The molecule has 0 radical (unpaired) electrons. The minimum atomic E-state index is 0.387. The lowest BCUT2D eigenvalue weighted by molar-refractivity contribution is 0.795. The average Bonchev–Trinajstić information content (AvgIpc) is 3.59. The van der Waals surface area contributed by atoms with Crippen LogP contribution in [0.3, 0.4) is 0 Å². The number of rotatable bonds is 4. The number of nitrogens with one attached hydrogen (secondary N) is 1. The van der Waals surface area contributed by atoms with Crippen LogP contribution < -0.4 is 0 Å². The van der Waals surface area contributed by atoms with Crippen molar-refractivity contribution in [2.24, 2.45) is 10.9 Å². The van der Waals surface area contributed by atoms with Crippen molar-refractivity contribution in [1.82, 2.24) is 9.97 Å². The molecule has 0 spiro atoms. The van der Waals surface area contributed by atoms with Gasteiger partial charge >= 0.3 is 0 Å². The number of allylic oxidation sites excluding steroid dienone is 1. The molecule has 0 unspecified atom stereocenters. The van der Waals surface area contributed by atoms with Crippen molar-refractivity contribution in [3.8, 4) is 11.3 Å².